The van der Waals surface area contributed by atoms with Gasteiger partial charge in [-0.25, -0.2) is 5.48 Å². The van der Waals surface area contributed by atoms with Gasteiger partial charge in [0, 0.05) is 23.1 Å². The van der Waals surface area contributed by atoms with Crippen LogP contribution in [-0.4, -0.2) is 18.4 Å². The van der Waals surface area contributed by atoms with Crippen molar-refractivity contribution in [2.75, 3.05) is 11.4 Å². The molecular formula is C18H17BrN2O3. The normalized spacial score (nSPS) is 17.1. The Kier molecular flexibility index (Phi) is 5.27. The zero-order valence-corrected chi connectivity index (χ0v) is 14.5. The maximum atomic E-state index is 12.2. The van der Waals surface area contributed by atoms with Crippen molar-refractivity contribution < 1.29 is 14.4 Å². The molecule has 1 unspecified atom stereocenters. The van der Waals surface area contributed by atoms with Crippen LogP contribution in [-0.2, 0) is 21.0 Å². The SMILES string of the molecule is O=C(NOCc1ccccc1)C1CC(=O)N(c2cccc(Br)c2)C1. The third-order valence-corrected chi connectivity index (χ3v) is 4.36. The van der Waals surface area contributed by atoms with Gasteiger partial charge in [0.25, 0.3) is 0 Å². The Bertz CT molecular complexity index is 736. The molecule has 1 atom stereocenters. The lowest BCUT2D eigenvalue weighted by Gasteiger charge is -2.17. The first-order valence-corrected chi connectivity index (χ1v) is 8.44. The summed E-state index contributed by atoms with van der Waals surface area (Å²) in [5.41, 5.74) is 4.21. The van der Waals surface area contributed by atoms with Gasteiger partial charge in [0.1, 0.15) is 0 Å². The Morgan fingerprint density at radius 3 is 2.75 bits per heavy atom. The number of benzene rings is 2. The van der Waals surface area contributed by atoms with Gasteiger partial charge in [0.2, 0.25) is 11.8 Å². The highest BCUT2D eigenvalue weighted by Gasteiger charge is 2.35. The van der Waals surface area contributed by atoms with Gasteiger partial charge in [-0.05, 0) is 23.8 Å². The molecule has 2 amide bonds. The highest BCUT2D eigenvalue weighted by atomic mass is 79.9. The van der Waals surface area contributed by atoms with Crippen LogP contribution in [0.1, 0.15) is 12.0 Å². The van der Waals surface area contributed by atoms with E-state index in [1.54, 1.807) is 4.90 Å². The van der Waals surface area contributed by atoms with E-state index in [0.717, 1.165) is 15.7 Å². The van der Waals surface area contributed by atoms with E-state index in [1.165, 1.54) is 0 Å². The number of nitrogens with zero attached hydrogens (tertiary/aromatic N) is 1. The van der Waals surface area contributed by atoms with Gasteiger partial charge >= 0.3 is 0 Å². The second-order valence-corrected chi connectivity index (χ2v) is 6.54. The van der Waals surface area contributed by atoms with Crippen molar-refractivity contribution in [1.29, 1.82) is 0 Å². The number of carbonyl (C=O) groups excluding carboxylic acids is 2. The smallest absolute Gasteiger partial charge is 0.248 e. The quantitative estimate of drug-likeness (QED) is 0.800. The minimum atomic E-state index is -0.410. The molecular weight excluding hydrogens is 372 g/mol. The molecule has 6 heteroatoms. The molecule has 1 saturated heterocycles. The largest absolute Gasteiger partial charge is 0.312 e. The van der Waals surface area contributed by atoms with Crippen LogP contribution in [0.5, 0.6) is 0 Å². The molecule has 1 heterocycles. The fourth-order valence-electron chi connectivity index (χ4n) is 2.62. The fraction of sp³-hybridized carbons (Fsp3) is 0.222. The Morgan fingerprint density at radius 1 is 1.21 bits per heavy atom. The van der Waals surface area contributed by atoms with Crippen LogP contribution in [0.4, 0.5) is 5.69 Å². The summed E-state index contributed by atoms with van der Waals surface area (Å²) in [6.45, 7) is 0.651. The van der Waals surface area contributed by atoms with Crippen LogP contribution < -0.4 is 10.4 Å². The first-order chi connectivity index (χ1) is 11.6. The molecule has 2 aromatic rings. The molecule has 1 fully saturated rings. The topological polar surface area (TPSA) is 58.6 Å². The average molecular weight is 389 g/mol. The Balaban J connectivity index is 1.54. The zero-order valence-electron chi connectivity index (χ0n) is 12.9. The molecule has 0 radical (unpaired) electrons. The lowest BCUT2D eigenvalue weighted by molar-refractivity contribution is -0.138. The third-order valence-electron chi connectivity index (χ3n) is 3.87. The van der Waals surface area contributed by atoms with Crippen LogP contribution >= 0.6 is 15.9 Å². The molecule has 0 aliphatic carbocycles. The Labute approximate surface area is 148 Å². The molecule has 0 spiro atoms. The van der Waals surface area contributed by atoms with Gasteiger partial charge in [0.15, 0.2) is 0 Å². The van der Waals surface area contributed by atoms with E-state index in [1.807, 2.05) is 54.6 Å². The summed E-state index contributed by atoms with van der Waals surface area (Å²) in [5, 5.41) is 0. The molecule has 0 bridgehead atoms. The van der Waals surface area contributed by atoms with Crippen molar-refractivity contribution >= 4 is 33.4 Å². The van der Waals surface area contributed by atoms with Crippen molar-refractivity contribution in [1.82, 2.24) is 5.48 Å². The van der Waals surface area contributed by atoms with Crippen LogP contribution in [0.3, 0.4) is 0 Å². The predicted octanol–water partition coefficient (Wildman–Crippen LogP) is 3.05. The average Bonchev–Trinajstić information content (AvgIpc) is 2.98. The summed E-state index contributed by atoms with van der Waals surface area (Å²) in [4.78, 5) is 31.3. The molecule has 1 aliphatic rings. The van der Waals surface area contributed by atoms with Crippen molar-refractivity contribution in [2.45, 2.75) is 13.0 Å². The number of hydroxylamine groups is 1. The summed E-state index contributed by atoms with van der Waals surface area (Å²) in [5.74, 6) is -0.736. The number of halogens is 1. The molecule has 5 nitrogen and oxygen atoms in total. The number of hydrogen-bond acceptors (Lipinski definition) is 3. The highest BCUT2D eigenvalue weighted by Crippen LogP contribution is 2.27. The van der Waals surface area contributed by atoms with Crippen LogP contribution in [0.25, 0.3) is 0 Å². The summed E-state index contributed by atoms with van der Waals surface area (Å²) in [6.07, 6.45) is 0.188. The number of carbonyl (C=O) groups is 2. The molecule has 3 rings (SSSR count). The maximum Gasteiger partial charge on any atom is 0.248 e. The summed E-state index contributed by atoms with van der Waals surface area (Å²) >= 11 is 3.39. The van der Waals surface area contributed by atoms with E-state index in [4.69, 9.17) is 4.84 Å². The molecule has 0 saturated carbocycles. The van der Waals surface area contributed by atoms with Gasteiger partial charge in [-0.1, -0.05) is 52.3 Å². The standard InChI is InChI=1S/C18H17BrN2O3/c19-15-7-4-8-16(10-15)21-11-14(9-17(21)22)18(23)20-24-12-13-5-2-1-3-6-13/h1-8,10,14H,9,11-12H2,(H,20,23). The highest BCUT2D eigenvalue weighted by molar-refractivity contribution is 9.10. The summed E-state index contributed by atoms with van der Waals surface area (Å²) in [6, 6.07) is 17.1. The van der Waals surface area contributed by atoms with Gasteiger partial charge < -0.3 is 4.90 Å². The molecule has 0 aromatic heterocycles. The van der Waals surface area contributed by atoms with Crippen LogP contribution in [0, 0.1) is 5.92 Å². The maximum absolute atomic E-state index is 12.2. The van der Waals surface area contributed by atoms with Crippen molar-refractivity contribution in [3.63, 3.8) is 0 Å². The molecule has 124 valence electrons. The van der Waals surface area contributed by atoms with E-state index in [2.05, 4.69) is 21.4 Å². The van der Waals surface area contributed by atoms with E-state index in [9.17, 15) is 9.59 Å². The molecule has 1 aliphatic heterocycles. The lowest BCUT2D eigenvalue weighted by atomic mass is 10.1. The van der Waals surface area contributed by atoms with Gasteiger partial charge in [-0.3, -0.25) is 14.4 Å². The number of nitrogens with one attached hydrogen (secondary N) is 1. The minimum absolute atomic E-state index is 0.0590. The van der Waals surface area contributed by atoms with E-state index < -0.39 is 5.92 Å². The lowest BCUT2D eigenvalue weighted by Crippen LogP contribution is -2.33. The first kappa shape index (κ1) is 16.7. The third kappa shape index (κ3) is 4.01. The molecule has 1 N–H and O–H groups in total. The van der Waals surface area contributed by atoms with Gasteiger partial charge in [0.05, 0.1) is 12.5 Å². The van der Waals surface area contributed by atoms with E-state index in [0.29, 0.717) is 13.2 Å². The van der Waals surface area contributed by atoms with Crippen molar-refractivity contribution in [2.24, 2.45) is 5.92 Å². The van der Waals surface area contributed by atoms with Crippen LogP contribution in [0.2, 0.25) is 0 Å². The van der Waals surface area contributed by atoms with E-state index in [-0.39, 0.29) is 18.2 Å². The number of anilines is 1. The fourth-order valence-corrected chi connectivity index (χ4v) is 3.01. The molecule has 2 aromatic carbocycles. The van der Waals surface area contributed by atoms with Crippen LogP contribution in [0.15, 0.2) is 59.1 Å². The molecule has 24 heavy (non-hydrogen) atoms. The Hall–Kier alpha value is -2.18. The van der Waals surface area contributed by atoms with Crippen molar-refractivity contribution in [3.05, 3.63) is 64.6 Å². The van der Waals surface area contributed by atoms with Gasteiger partial charge in [-0.2, -0.15) is 0 Å². The number of amides is 2. The second kappa shape index (κ2) is 7.59. The van der Waals surface area contributed by atoms with Gasteiger partial charge in [-0.15, -0.1) is 0 Å². The van der Waals surface area contributed by atoms with E-state index >= 15 is 0 Å². The second-order valence-electron chi connectivity index (χ2n) is 5.63. The minimum Gasteiger partial charge on any atom is -0.312 e. The monoisotopic (exact) mass is 388 g/mol. The predicted molar refractivity (Wildman–Crippen MR) is 94.0 cm³/mol. The summed E-state index contributed by atoms with van der Waals surface area (Å²) < 4.78 is 0.895. The number of hydrogen-bond donors (Lipinski definition) is 1. The summed E-state index contributed by atoms with van der Waals surface area (Å²) in [7, 11) is 0. The van der Waals surface area contributed by atoms with Crippen molar-refractivity contribution in [3.8, 4) is 0 Å². The zero-order chi connectivity index (χ0) is 16.9. The first-order valence-electron chi connectivity index (χ1n) is 7.65. The Morgan fingerprint density at radius 2 is 2.00 bits per heavy atom. The number of rotatable bonds is 5.